The summed E-state index contributed by atoms with van der Waals surface area (Å²) >= 11 is 0. The maximum absolute atomic E-state index is 12.5. The molecule has 0 spiro atoms. The van der Waals surface area contributed by atoms with Gasteiger partial charge in [0.25, 0.3) is 5.91 Å². The van der Waals surface area contributed by atoms with Gasteiger partial charge in [-0.1, -0.05) is 24.3 Å². The number of methoxy groups -OCH3 is 2. The standard InChI is InChI=1S/C18H17N3O3/c1-23-16-10-6-9-15(17(16)24-2)18(22)20-13-11-19-21(12-13)14-7-4-3-5-8-14/h3-12H,1-2H3,(H,20,22). The quantitative estimate of drug-likeness (QED) is 0.783. The van der Waals surface area contributed by atoms with Crippen molar-refractivity contribution in [3.63, 3.8) is 0 Å². The zero-order valence-corrected chi connectivity index (χ0v) is 13.4. The largest absolute Gasteiger partial charge is 0.493 e. The highest BCUT2D eigenvalue weighted by molar-refractivity contribution is 6.06. The monoisotopic (exact) mass is 323 g/mol. The number of carbonyl (C=O) groups excluding carboxylic acids is 1. The second-order valence-corrected chi connectivity index (χ2v) is 5.00. The summed E-state index contributed by atoms with van der Waals surface area (Å²) < 4.78 is 12.2. The topological polar surface area (TPSA) is 65.4 Å². The Hall–Kier alpha value is -3.28. The number of ether oxygens (including phenoxy) is 2. The average molecular weight is 323 g/mol. The van der Waals surface area contributed by atoms with Crippen molar-refractivity contribution in [3.8, 4) is 17.2 Å². The van der Waals surface area contributed by atoms with Crippen molar-refractivity contribution in [2.75, 3.05) is 19.5 Å². The van der Waals surface area contributed by atoms with Crippen LogP contribution in [0.15, 0.2) is 60.9 Å². The maximum Gasteiger partial charge on any atom is 0.259 e. The number of rotatable bonds is 5. The first-order chi connectivity index (χ1) is 11.7. The van der Waals surface area contributed by atoms with Gasteiger partial charge < -0.3 is 14.8 Å². The molecule has 122 valence electrons. The molecule has 1 aromatic heterocycles. The van der Waals surface area contributed by atoms with Crippen LogP contribution in [0.1, 0.15) is 10.4 Å². The molecule has 0 atom stereocenters. The number of nitrogens with one attached hydrogen (secondary N) is 1. The third kappa shape index (κ3) is 3.08. The molecule has 0 aliphatic carbocycles. The summed E-state index contributed by atoms with van der Waals surface area (Å²) in [5.41, 5.74) is 1.90. The summed E-state index contributed by atoms with van der Waals surface area (Å²) in [4.78, 5) is 12.5. The van der Waals surface area contributed by atoms with Crippen LogP contribution in [-0.4, -0.2) is 29.9 Å². The zero-order chi connectivity index (χ0) is 16.9. The van der Waals surface area contributed by atoms with E-state index >= 15 is 0 Å². The van der Waals surface area contributed by atoms with Crippen molar-refractivity contribution in [3.05, 3.63) is 66.5 Å². The summed E-state index contributed by atoms with van der Waals surface area (Å²) in [7, 11) is 3.03. The maximum atomic E-state index is 12.5. The smallest absolute Gasteiger partial charge is 0.259 e. The Labute approximate surface area is 139 Å². The summed E-state index contributed by atoms with van der Waals surface area (Å²) in [6.07, 6.45) is 3.34. The normalized spacial score (nSPS) is 10.2. The van der Waals surface area contributed by atoms with Gasteiger partial charge >= 0.3 is 0 Å². The molecule has 0 aliphatic rings. The molecule has 0 bridgehead atoms. The Kier molecular flexibility index (Phi) is 4.47. The lowest BCUT2D eigenvalue weighted by Gasteiger charge is -2.11. The first-order valence-corrected chi connectivity index (χ1v) is 7.35. The van der Waals surface area contributed by atoms with Gasteiger partial charge in [-0.2, -0.15) is 5.10 Å². The van der Waals surface area contributed by atoms with E-state index in [1.54, 1.807) is 35.3 Å². The number of amides is 1. The molecule has 0 radical (unpaired) electrons. The van der Waals surface area contributed by atoms with Crippen LogP contribution < -0.4 is 14.8 Å². The number of anilines is 1. The number of aromatic nitrogens is 2. The highest BCUT2D eigenvalue weighted by Gasteiger charge is 2.17. The predicted octanol–water partition coefficient (Wildman–Crippen LogP) is 3.14. The third-order valence-electron chi connectivity index (χ3n) is 3.51. The number of hydrogen-bond acceptors (Lipinski definition) is 4. The van der Waals surface area contributed by atoms with Gasteiger partial charge in [0.15, 0.2) is 11.5 Å². The van der Waals surface area contributed by atoms with Crippen LogP contribution in [0.5, 0.6) is 11.5 Å². The van der Waals surface area contributed by atoms with Crippen molar-refractivity contribution in [2.45, 2.75) is 0 Å². The molecule has 1 amide bonds. The van der Waals surface area contributed by atoms with E-state index in [4.69, 9.17) is 9.47 Å². The molecule has 6 heteroatoms. The minimum absolute atomic E-state index is 0.293. The highest BCUT2D eigenvalue weighted by atomic mass is 16.5. The SMILES string of the molecule is COc1cccc(C(=O)Nc2cnn(-c3ccccc3)c2)c1OC. The van der Waals surface area contributed by atoms with Crippen molar-refractivity contribution in [1.82, 2.24) is 9.78 Å². The summed E-state index contributed by atoms with van der Waals surface area (Å²) in [6, 6.07) is 14.8. The molecule has 6 nitrogen and oxygen atoms in total. The number of benzene rings is 2. The lowest BCUT2D eigenvalue weighted by atomic mass is 10.1. The van der Waals surface area contributed by atoms with Gasteiger partial charge in [0.2, 0.25) is 0 Å². The van der Waals surface area contributed by atoms with Crippen LogP contribution in [0.4, 0.5) is 5.69 Å². The fourth-order valence-corrected chi connectivity index (χ4v) is 2.37. The number of nitrogens with zero attached hydrogens (tertiary/aromatic N) is 2. The molecule has 24 heavy (non-hydrogen) atoms. The number of para-hydroxylation sites is 2. The van der Waals surface area contributed by atoms with Crippen LogP contribution in [0, 0.1) is 0 Å². The van der Waals surface area contributed by atoms with E-state index in [2.05, 4.69) is 10.4 Å². The molecular formula is C18H17N3O3. The van der Waals surface area contributed by atoms with Crippen LogP contribution in [0.3, 0.4) is 0 Å². The van der Waals surface area contributed by atoms with Crippen molar-refractivity contribution in [2.24, 2.45) is 0 Å². The van der Waals surface area contributed by atoms with Crippen LogP contribution >= 0.6 is 0 Å². The summed E-state index contributed by atoms with van der Waals surface area (Å²) in [5.74, 6) is 0.608. The van der Waals surface area contributed by atoms with Gasteiger partial charge in [-0.15, -0.1) is 0 Å². The van der Waals surface area contributed by atoms with E-state index < -0.39 is 0 Å². The molecule has 1 N–H and O–H groups in total. The molecule has 3 aromatic rings. The molecular weight excluding hydrogens is 306 g/mol. The minimum atomic E-state index is -0.293. The van der Waals surface area contributed by atoms with Gasteiger partial charge in [-0.25, -0.2) is 4.68 Å². The molecule has 0 unspecified atom stereocenters. The Balaban J connectivity index is 1.82. The number of hydrogen-bond donors (Lipinski definition) is 1. The van der Waals surface area contributed by atoms with Gasteiger partial charge in [-0.3, -0.25) is 4.79 Å². The zero-order valence-electron chi connectivity index (χ0n) is 13.4. The lowest BCUT2D eigenvalue weighted by Crippen LogP contribution is -2.13. The van der Waals surface area contributed by atoms with E-state index in [1.807, 2.05) is 30.3 Å². The first kappa shape index (κ1) is 15.6. The van der Waals surface area contributed by atoms with Crippen molar-refractivity contribution in [1.29, 1.82) is 0 Å². The Bertz CT molecular complexity index is 844. The molecule has 0 saturated heterocycles. The van der Waals surface area contributed by atoms with E-state index in [9.17, 15) is 4.79 Å². The number of carbonyl (C=O) groups is 1. The van der Waals surface area contributed by atoms with Crippen LogP contribution in [0.25, 0.3) is 5.69 Å². The summed E-state index contributed by atoms with van der Waals surface area (Å²) in [6.45, 7) is 0. The first-order valence-electron chi connectivity index (χ1n) is 7.35. The molecule has 0 fully saturated rings. The van der Waals surface area contributed by atoms with Gasteiger partial charge in [0, 0.05) is 0 Å². The van der Waals surface area contributed by atoms with Gasteiger partial charge in [-0.05, 0) is 24.3 Å². The van der Waals surface area contributed by atoms with Crippen molar-refractivity contribution >= 4 is 11.6 Å². The average Bonchev–Trinajstić information content (AvgIpc) is 3.10. The second-order valence-electron chi connectivity index (χ2n) is 5.00. The predicted molar refractivity (Wildman–Crippen MR) is 91.1 cm³/mol. The van der Waals surface area contributed by atoms with E-state index in [0.717, 1.165) is 5.69 Å². The van der Waals surface area contributed by atoms with E-state index in [-0.39, 0.29) is 5.91 Å². The lowest BCUT2D eigenvalue weighted by molar-refractivity contribution is 0.102. The van der Waals surface area contributed by atoms with Gasteiger partial charge in [0.05, 0.1) is 43.6 Å². The fourth-order valence-electron chi connectivity index (χ4n) is 2.37. The molecule has 2 aromatic carbocycles. The Morgan fingerprint density at radius 1 is 1.04 bits per heavy atom. The molecule has 1 heterocycles. The summed E-state index contributed by atoms with van der Waals surface area (Å²) in [5, 5.41) is 7.07. The van der Waals surface area contributed by atoms with Crippen molar-refractivity contribution < 1.29 is 14.3 Å². The van der Waals surface area contributed by atoms with E-state index in [1.165, 1.54) is 14.2 Å². The Morgan fingerprint density at radius 2 is 1.83 bits per heavy atom. The molecule has 3 rings (SSSR count). The van der Waals surface area contributed by atoms with Crippen LogP contribution in [0.2, 0.25) is 0 Å². The fraction of sp³-hybridized carbons (Fsp3) is 0.111. The molecule has 0 aliphatic heterocycles. The van der Waals surface area contributed by atoms with Gasteiger partial charge in [0.1, 0.15) is 0 Å². The van der Waals surface area contributed by atoms with Crippen LogP contribution in [-0.2, 0) is 0 Å². The molecule has 0 saturated carbocycles. The second kappa shape index (κ2) is 6.87. The highest BCUT2D eigenvalue weighted by Crippen LogP contribution is 2.31. The minimum Gasteiger partial charge on any atom is -0.493 e. The third-order valence-corrected chi connectivity index (χ3v) is 3.51. The van der Waals surface area contributed by atoms with E-state index in [0.29, 0.717) is 22.7 Å². The Morgan fingerprint density at radius 3 is 2.54 bits per heavy atom.